The Labute approximate surface area is 150 Å². The molecule has 23 heavy (non-hydrogen) atoms. The van der Waals surface area contributed by atoms with E-state index in [-0.39, 0.29) is 12.4 Å². The minimum Gasteiger partial charge on any atom is -0.338 e. The van der Waals surface area contributed by atoms with Crippen molar-refractivity contribution in [1.29, 1.82) is 0 Å². The summed E-state index contributed by atoms with van der Waals surface area (Å²) in [5.74, 6) is 0. The molecule has 0 spiro atoms. The highest BCUT2D eigenvalue weighted by Crippen LogP contribution is 2.48. The van der Waals surface area contributed by atoms with Crippen molar-refractivity contribution in [2.75, 3.05) is 31.1 Å². The highest BCUT2D eigenvalue weighted by molar-refractivity contribution is 7.99. The van der Waals surface area contributed by atoms with Gasteiger partial charge >= 0.3 is 0 Å². The molecule has 124 valence electrons. The van der Waals surface area contributed by atoms with Gasteiger partial charge in [-0.1, -0.05) is 43.8 Å². The number of benzene rings is 2. The molecule has 0 unspecified atom stereocenters. The minimum atomic E-state index is 0. The van der Waals surface area contributed by atoms with Crippen LogP contribution in [-0.4, -0.2) is 31.1 Å². The fourth-order valence-electron chi connectivity index (χ4n) is 2.96. The number of nitrogens with zero attached hydrogens (tertiary/aromatic N) is 2. The van der Waals surface area contributed by atoms with E-state index >= 15 is 0 Å². The fourth-order valence-corrected chi connectivity index (χ4v) is 4.16. The molecule has 3 rings (SSSR count). The molecule has 0 fully saturated rings. The predicted molar refractivity (Wildman–Crippen MR) is 104 cm³/mol. The lowest BCUT2D eigenvalue weighted by molar-refractivity contribution is 0.312. The Bertz CT molecular complexity index is 656. The van der Waals surface area contributed by atoms with Gasteiger partial charge in [0.05, 0.1) is 11.4 Å². The van der Waals surface area contributed by atoms with E-state index in [1.807, 2.05) is 11.8 Å². The lowest BCUT2D eigenvalue weighted by atomic mass is 10.1. The van der Waals surface area contributed by atoms with Crippen molar-refractivity contribution in [2.24, 2.45) is 0 Å². The number of likely N-dealkylation sites (N-methyl/N-ethyl adjacent to an activating group) is 1. The molecule has 0 saturated heterocycles. The van der Waals surface area contributed by atoms with Gasteiger partial charge in [0.2, 0.25) is 0 Å². The molecule has 0 atom stereocenters. The van der Waals surface area contributed by atoms with Gasteiger partial charge in [-0.3, -0.25) is 0 Å². The van der Waals surface area contributed by atoms with Gasteiger partial charge in [-0.2, -0.15) is 0 Å². The summed E-state index contributed by atoms with van der Waals surface area (Å²) in [6.45, 7) is 11.0. The Hall–Kier alpha value is -1.16. The van der Waals surface area contributed by atoms with Crippen LogP contribution >= 0.6 is 24.2 Å². The first kappa shape index (κ1) is 18.2. The SMILES string of the molecule is CCN(CC)CCN1c2ccccc2Sc2cc(C)ccc21.Cl. The molecule has 0 saturated carbocycles. The van der Waals surface area contributed by atoms with E-state index in [4.69, 9.17) is 0 Å². The summed E-state index contributed by atoms with van der Waals surface area (Å²) in [7, 11) is 0. The number of hydrogen-bond donors (Lipinski definition) is 0. The maximum absolute atomic E-state index is 2.49. The van der Waals surface area contributed by atoms with Crippen LogP contribution < -0.4 is 4.90 Å². The normalized spacial score (nSPS) is 12.6. The van der Waals surface area contributed by atoms with Crippen LogP contribution in [0.3, 0.4) is 0 Å². The van der Waals surface area contributed by atoms with Crippen LogP contribution in [0.15, 0.2) is 52.3 Å². The highest BCUT2D eigenvalue weighted by Gasteiger charge is 2.23. The summed E-state index contributed by atoms with van der Waals surface area (Å²) in [5, 5.41) is 0. The Balaban J connectivity index is 0.00000192. The van der Waals surface area contributed by atoms with Crippen LogP contribution in [0.25, 0.3) is 0 Å². The van der Waals surface area contributed by atoms with Gasteiger partial charge in [0.1, 0.15) is 0 Å². The van der Waals surface area contributed by atoms with Crippen molar-refractivity contribution in [1.82, 2.24) is 4.90 Å². The zero-order chi connectivity index (χ0) is 15.5. The van der Waals surface area contributed by atoms with E-state index in [9.17, 15) is 0 Å². The van der Waals surface area contributed by atoms with Crippen LogP contribution in [-0.2, 0) is 0 Å². The Morgan fingerprint density at radius 2 is 1.65 bits per heavy atom. The van der Waals surface area contributed by atoms with Crippen molar-refractivity contribution >= 4 is 35.5 Å². The third kappa shape index (κ3) is 3.85. The highest BCUT2D eigenvalue weighted by atomic mass is 35.5. The molecular formula is C19H25ClN2S. The summed E-state index contributed by atoms with van der Waals surface area (Å²) in [6, 6.07) is 15.6. The smallest absolute Gasteiger partial charge is 0.0553 e. The zero-order valence-electron chi connectivity index (χ0n) is 14.1. The van der Waals surface area contributed by atoms with Crippen LogP contribution in [0.4, 0.5) is 11.4 Å². The van der Waals surface area contributed by atoms with Crippen LogP contribution in [0.2, 0.25) is 0 Å². The molecule has 1 aliphatic heterocycles. The van der Waals surface area contributed by atoms with Crippen molar-refractivity contribution in [3.63, 3.8) is 0 Å². The zero-order valence-corrected chi connectivity index (χ0v) is 15.7. The van der Waals surface area contributed by atoms with Gasteiger partial charge in [-0.15, -0.1) is 12.4 Å². The molecule has 0 aliphatic carbocycles. The summed E-state index contributed by atoms with van der Waals surface area (Å²) < 4.78 is 0. The second-order valence-corrected chi connectivity index (χ2v) is 6.80. The molecular weight excluding hydrogens is 324 g/mol. The van der Waals surface area contributed by atoms with Gasteiger partial charge in [-0.05, 0) is 49.8 Å². The van der Waals surface area contributed by atoms with Gasteiger partial charge in [0, 0.05) is 22.9 Å². The molecule has 4 heteroatoms. The number of halogens is 1. The lowest BCUT2D eigenvalue weighted by Crippen LogP contribution is -2.33. The van der Waals surface area contributed by atoms with Crippen molar-refractivity contribution < 1.29 is 0 Å². The van der Waals surface area contributed by atoms with E-state index in [2.05, 4.69) is 73.0 Å². The second-order valence-electron chi connectivity index (χ2n) is 5.72. The summed E-state index contributed by atoms with van der Waals surface area (Å²) in [5.41, 5.74) is 4.02. The predicted octanol–water partition coefficient (Wildman–Crippen LogP) is 5.36. The third-order valence-corrected chi connectivity index (χ3v) is 5.43. The topological polar surface area (TPSA) is 6.48 Å². The number of rotatable bonds is 5. The quantitative estimate of drug-likeness (QED) is 0.718. The van der Waals surface area contributed by atoms with E-state index in [0.717, 1.165) is 26.2 Å². The average molecular weight is 349 g/mol. The van der Waals surface area contributed by atoms with Gasteiger partial charge in [-0.25, -0.2) is 0 Å². The fraction of sp³-hybridized carbons (Fsp3) is 0.368. The third-order valence-electron chi connectivity index (χ3n) is 4.32. The summed E-state index contributed by atoms with van der Waals surface area (Å²) in [6.07, 6.45) is 0. The largest absolute Gasteiger partial charge is 0.338 e. The van der Waals surface area contributed by atoms with Gasteiger partial charge < -0.3 is 9.80 Å². The van der Waals surface area contributed by atoms with Gasteiger partial charge in [0.15, 0.2) is 0 Å². The van der Waals surface area contributed by atoms with Crippen LogP contribution in [0.5, 0.6) is 0 Å². The van der Waals surface area contributed by atoms with E-state index in [0.29, 0.717) is 0 Å². The van der Waals surface area contributed by atoms with Crippen molar-refractivity contribution in [2.45, 2.75) is 30.6 Å². The first-order chi connectivity index (χ1) is 10.7. The Morgan fingerprint density at radius 3 is 2.39 bits per heavy atom. The molecule has 0 aromatic heterocycles. The van der Waals surface area contributed by atoms with E-state index < -0.39 is 0 Å². The number of fused-ring (bicyclic) bond motifs is 2. The molecule has 2 nitrogen and oxygen atoms in total. The van der Waals surface area contributed by atoms with Crippen LogP contribution in [0, 0.1) is 6.92 Å². The molecule has 2 aromatic carbocycles. The lowest BCUT2D eigenvalue weighted by Gasteiger charge is -2.34. The summed E-state index contributed by atoms with van der Waals surface area (Å²) >= 11 is 1.89. The average Bonchev–Trinajstić information content (AvgIpc) is 2.54. The molecule has 0 N–H and O–H groups in total. The van der Waals surface area contributed by atoms with Gasteiger partial charge in [0.25, 0.3) is 0 Å². The van der Waals surface area contributed by atoms with E-state index in [1.54, 1.807) is 0 Å². The molecule has 1 heterocycles. The molecule has 0 radical (unpaired) electrons. The molecule has 0 bridgehead atoms. The Kier molecular flexibility index (Phi) is 6.40. The summed E-state index contributed by atoms with van der Waals surface area (Å²) in [4.78, 5) is 7.70. The number of para-hydroxylation sites is 1. The molecule has 0 amide bonds. The number of hydrogen-bond acceptors (Lipinski definition) is 3. The van der Waals surface area contributed by atoms with Crippen LogP contribution in [0.1, 0.15) is 19.4 Å². The standard InChI is InChI=1S/C19H24N2S.ClH/c1-4-20(5-2)12-13-21-16-8-6-7-9-18(16)22-19-14-15(3)10-11-17(19)21;/h6-11,14H,4-5,12-13H2,1-3H3;1H. The monoisotopic (exact) mass is 348 g/mol. The maximum Gasteiger partial charge on any atom is 0.0553 e. The van der Waals surface area contributed by atoms with Crippen molar-refractivity contribution in [3.8, 4) is 0 Å². The van der Waals surface area contributed by atoms with E-state index in [1.165, 1.54) is 26.7 Å². The molecule has 2 aromatic rings. The van der Waals surface area contributed by atoms with Crippen molar-refractivity contribution in [3.05, 3.63) is 48.0 Å². The second kappa shape index (κ2) is 8.09. The number of aryl methyl sites for hydroxylation is 1. The first-order valence-electron chi connectivity index (χ1n) is 8.10. The number of anilines is 2. The minimum absolute atomic E-state index is 0. The molecule has 1 aliphatic rings. The Morgan fingerprint density at radius 1 is 0.957 bits per heavy atom. The maximum atomic E-state index is 2.49. The first-order valence-corrected chi connectivity index (χ1v) is 8.92.